The van der Waals surface area contributed by atoms with Gasteiger partial charge in [0.05, 0.1) is 0 Å². The van der Waals surface area contributed by atoms with Crippen molar-refractivity contribution in [1.82, 2.24) is 0 Å². The predicted molar refractivity (Wildman–Crippen MR) is 84.9 cm³/mol. The van der Waals surface area contributed by atoms with Crippen LogP contribution in [0.3, 0.4) is 0 Å². The number of allylic oxidation sites excluding steroid dienone is 1. The van der Waals surface area contributed by atoms with Crippen molar-refractivity contribution in [3.8, 4) is 0 Å². The highest BCUT2D eigenvalue weighted by Crippen LogP contribution is 2.33. The summed E-state index contributed by atoms with van der Waals surface area (Å²) < 4.78 is 39.0. The maximum atomic E-state index is 13.1. The van der Waals surface area contributed by atoms with Gasteiger partial charge in [0.15, 0.2) is 17.5 Å². The van der Waals surface area contributed by atoms with Crippen LogP contribution in [0.5, 0.6) is 0 Å². The summed E-state index contributed by atoms with van der Waals surface area (Å²) in [4.78, 5) is 0. The Morgan fingerprint density at radius 1 is 0.955 bits per heavy atom. The van der Waals surface area contributed by atoms with Crippen molar-refractivity contribution in [3.63, 3.8) is 0 Å². The molecule has 0 saturated heterocycles. The Morgan fingerprint density at radius 3 is 2.05 bits per heavy atom. The molecule has 22 heavy (non-hydrogen) atoms. The lowest BCUT2D eigenvalue weighted by Gasteiger charge is -2.28. The van der Waals surface area contributed by atoms with Crippen molar-refractivity contribution in [2.75, 3.05) is 0 Å². The lowest BCUT2D eigenvalue weighted by molar-refractivity contribution is 0.253. The van der Waals surface area contributed by atoms with Crippen LogP contribution >= 0.6 is 0 Å². The molecule has 122 valence electrons. The molecule has 0 N–H and O–H groups in total. The van der Waals surface area contributed by atoms with E-state index in [0.29, 0.717) is 5.56 Å². The third-order valence-corrected chi connectivity index (χ3v) is 4.72. The molecule has 0 heterocycles. The first-order valence-corrected chi connectivity index (χ1v) is 8.41. The third kappa shape index (κ3) is 4.89. The summed E-state index contributed by atoms with van der Waals surface area (Å²) >= 11 is 0. The quantitative estimate of drug-likeness (QED) is 0.526. The molecule has 1 aliphatic rings. The number of benzene rings is 1. The molecule has 0 bridgehead atoms. The monoisotopic (exact) mass is 310 g/mol. The minimum absolute atomic E-state index is 0.378. The van der Waals surface area contributed by atoms with E-state index in [-0.39, 0.29) is 0 Å². The molecule has 3 heteroatoms. The molecule has 0 aliphatic heterocycles. The molecule has 0 atom stereocenters. The summed E-state index contributed by atoms with van der Waals surface area (Å²) in [7, 11) is 0. The maximum Gasteiger partial charge on any atom is 0.194 e. The largest absolute Gasteiger partial charge is 0.204 e. The Labute approximate surface area is 131 Å². The smallest absolute Gasteiger partial charge is 0.194 e. The van der Waals surface area contributed by atoms with Gasteiger partial charge in [-0.05, 0) is 42.4 Å². The highest BCUT2D eigenvalue weighted by atomic mass is 19.2. The van der Waals surface area contributed by atoms with E-state index in [4.69, 9.17) is 0 Å². The van der Waals surface area contributed by atoms with Gasteiger partial charge in [-0.3, -0.25) is 0 Å². The average molecular weight is 310 g/mol. The lowest BCUT2D eigenvalue weighted by Crippen LogP contribution is -2.14. The minimum atomic E-state index is -1.40. The van der Waals surface area contributed by atoms with E-state index < -0.39 is 17.5 Å². The lowest BCUT2D eigenvalue weighted by atomic mass is 9.78. The van der Waals surface area contributed by atoms with Crippen molar-refractivity contribution in [2.45, 2.75) is 58.3 Å². The van der Waals surface area contributed by atoms with E-state index in [1.165, 1.54) is 38.5 Å². The number of hydrogen-bond donors (Lipinski definition) is 0. The van der Waals surface area contributed by atoms with E-state index in [1.807, 2.05) is 6.08 Å². The summed E-state index contributed by atoms with van der Waals surface area (Å²) in [6.45, 7) is 2.25. The average Bonchev–Trinajstić information content (AvgIpc) is 2.51. The van der Waals surface area contributed by atoms with E-state index in [0.717, 1.165) is 36.8 Å². The van der Waals surface area contributed by atoms with Crippen LogP contribution in [-0.4, -0.2) is 0 Å². The zero-order chi connectivity index (χ0) is 15.9. The van der Waals surface area contributed by atoms with Crippen molar-refractivity contribution < 1.29 is 13.2 Å². The van der Waals surface area contributed by atoms with Gasteiger partial charge in [0.2, 0.25) is 0 Å². The van der Waals surface area contributed by atoms with Crippen LogP contribution in [0, 0.1) is 29.3 Å². The topological polar surface area (TPSA) is 0 Å². The molecule has 1 aliphatic carbocycles. The summed E-state index contributed by atoms with van der Waals surface area (Å²) in [5.41, 5.74) is 0.378. The number of halogens is 3. The standard InChI is InChI=1S/C19H25F3/c1-2-5-14-8-10-15(11-9-14)6-3-4-7-16-12-17(20)19(22)18(21)13-16/h4,7,12-15H,2-3,5-6,8-11H2,1H3/b7-4-. The van der Waals surface area contributed by atoms with Crippen LogP contribution in [0.1, 0.15) is 63.9 Å². The highest BCUT2D eigenvalue weighted by molar-refractivity contribution is 5.49. The van der Waals surface area contributed by atoms with Gasteiger partial charge in [0, 0.05) is 0 Å². The van der Waals surface area contributed by atoms with Crippen molar-refractivity contribution >= 4 is 6.08 Å². The molecule has 1 saturated carbocycles. The summed E-state index contributed by atoms with van der Waals surface area (Å²) in [5.74, 6) is -1.97. The fourth-order valence-corrected chi connectivity index (χ4v) is 3.44. The first-order chi connectivity index (χ1) is 10.6. The molecule has 0 radical (unpaired) electrons. The summed E-state index contributed by atoms with van der Waals surface area (Å²) in [6, 6.07) is 2.07. The van der Waals surface area contributed by atoms with E-state index >= 15 is 0 Å². The molecule has 0 amide bonds. The molecule has 0 aromatic heterocycles. The Kier molecular flexibility index (Phi) is 6.53. The van der Waals surface area contributed by atoms with Crippen LogP contribution in [-0.2, 0) is 0 Å². The number of rotatable bonds is 6. The second kappa shape index (κ2) is 8.40. The summed E-state index contributed by atoms with van der Waals surface area (Å²) in [5, 5.41) is 0. The predicted octanol–water partition coefficient (Wildman–Crippen LogP) is 6.50. The molecule has 1 fully saturated rings. The van der Waals surface area contributed by atoms with E-state index in [2.05, 4.69) is 6.92 Å². The van der Waals surface area contributed by atoms with Gasteiger partial charge >= 0.3 is 0 Å². The molecular weight excluding hydrogens is 285 g/mol. The molecule has 0 unspecified atom stereocenters. The SMILES string of the molecule is CCCC1CCC(CC/C=C\c2cc(F)c(F)c(F)c2)CC1. The van der Waals surface area contributed by atoms with Gasteiger partial charge in [-0.15, -0.1) is 0 Å². The fraction of sp³-hybridized carbons (Fsp3) is 0.579. The summed E-state index contributed by atoms with van der Waals surface area (Å²) in [6.07, 6.45) is 13.6. The highest BCUT2D eigenvalue weighted by Gasteiger charge is 2.19. The van der Waals surface area contributed by atoms with Crippen LogP contribution in [0.4, 0.5) is 13.2 Å². The molecule has 2 rings (SSSR count). The number of hydrogen-bond acceptors (Lipinski definition) is 0. The zero-order valence-corrected chi connectivity index (χ0v) is 13.3. The van der Waals surface area contributed by atoms with Crippen LogP contribution in [0.25, 0.3) is 6.08 Å². The van der Waals surface area contributed by atoms with Gasteiger partial charge < -0.3 is 0 Å². The minimum Gasteiger partial charge on any atom is -0.204 e. The van der Waals surface area contributed by atoms with E-state index in [1.54, 1.807) is 6.08 Å². The van der Waals surface area contributed by atoms with Gasteiger partial charge in [0.25, 0.3) is 0 Å². The van der Waals surface area contributed by atoms with Gasteiger partial charge in [-0.25, -0.2) is 13.2 Å². The first kappa shape index (κ1) is 17.1. The molecular formula is C19H25F3. The maximum absolute atomic E-state index is 13.1. The van der Waals surface area contributed by atoms with Crippen LogP contribution in [0.2, 0.25) is 0 Å². The van der Waals surface area contributed by atoms with Crippen molar-refractivity contribution in [3.05, 3.63) is 41.2 Å². The Bertz CT molecular complexity index is 476. The zero-order valence-electron chi connectivity index (χ0n) is 13.3. The van der Waals surface area contributed by atoms with Gasteiger partial charge in [-0.2, -0.15) is 0 Å². The Hall–Kier alpha value is -1.25. The fourth-order valence-electron chi connectivity index (χ4n) is 3.44. The third-order valence-electron chi connectivity index (χ3n) is 4.72. The molecule has 0 spiro atoms. The second-order valence-corrected chi connectivity index (χ2v) is 6.45. The Balaban J connectivity index is 1.75. The Morgan fingerprint density at radius 2 is 1.50 bits per heavy atom. The molecule has 1 aromatic rings. The van der Waals surface area contributed by atoms with Gasteiger partial charge in [0.1, 0.15) is 0 Å². The van der Waals surface area contributed by atoms with Crippen molar-refractivity contribution in [1.29, 1.82) is 0 Å². The van der Waals surface area contributed by atoms with E-state index in [9.17, 15) is 13.2 Å². The first-order valence-electron chi connectivity index (χ1n) is 8.41. The van der Waals surface area contributed by atoms with Crippen LogP contribution in [0.15, 0.2) is 18.2 Å². The van der Waals surface area contributed by atoms with Crippen LogP contribution < -0.4 is 0 Å². The van der Waals surface area contributed by atoms with Gasteiger partial charge in [-0.1, -0.05) is 57.6 Å². The van der Waals surface area contributed by atoms with Crippen molar-refractivity contribution in [2.24, 2.45) is 11.8 Å². The molecule has 0 nitrogen and oxygen atoms in total. The normalized spacial score (nSPS) is 22.4. The second-order valence-electron chi connectivity index (χ2n) is 6.45. The molecule has 1 aromatic carbocycles.